The largest absolute Gasteiger partial charge is 0.497 e. The Hall–Kier alpha value is -2.31. The van der Waals surface area contributed by atoms with Gasteiger partial charge in [0, 0.05) is 22.4 Å². The van der Waals surface area contributed by atoms with Crippen LogP contribution in [0.15, 0.2) is 47.8 Å². The van der Waals surface area contributed by atoms with Crippen LogP contribution in [-0.4, -0.2) is 23.3 Å². The molecule has 3 aromatic rings. The molecule has 0 spiro atoms. The third-order valence-electron chi connectivity index (χ3n) is 4.47. The number of ether oxygens (including phenoxy) is 1. The molecule has 6 heteroatoms. The molecule has 1 amide bonds. The van der Waals surface area contributed by atoms with Crippen molar-refractivity contribution in [3.8, 4) is 16.3 Å². The molecule has 0 aliphatic carbocycles. The van der Waals surface area contributed by atoms with Crippen LogP contribution >= 0.6 is 23.1 Å². The molecule has 1 heterocycles. The number of methoxy groups -OCH3 is 1. The molecular formula is C22H24N2O2S2. The SMILES string of the molecule is COc1ccc(-c2nc(CS[C@@H](C)C(=O)Nc3c(C)cccc3C)cs2)cc1. The highest BCUT2D eigenvalue weighted by atomic mass is 32.2. The summed E-state index contributed by atoms with van der Waals surface area (Å²) in [6, 6.07) is 13.9. The van der Waals surface area contributed by atoms with E-state index in [4.69, 9.17) is 9.72 Å². The Labute approximate surface area is 174 Å². The average molecular weight is 413 g/mol. The van der Waals surface area contributed by atoms with Crippen LogP contribution in [0.3, 0.4) is 0 Å². The summed E-state index contributed by atoms with van der Waals surface area (Å²) in [4.78, 5) is 17.3. The van der Waals surface area contributed by atoms with Crippen molar-refractivity contribution in [1.29, 1.82) is 0 Å². The first kappa shape index (κ1) is 20.4. The zero-order valence-electron chi connectivity index (χ0n) is 16.5. The lowest BCUT2D eigenvalue weighted by Gasteiger charge is -2.15. The number of aromatic nitrogens is 1. The second kappa shape index (κ2) is 9.26. The monoisotopic (exact) mass is 412 g/mol. The molecule has 0 bridgehead atoms. The summed E-state index contributed by atoms with van der Waals surface area (Å²) in [5.74, 6) is 1.56. The van der Waals surface area contributed by atoms with Gasteiger partial charge in [0.05, 0.1) is 18.1 Å². The van der Waals surface area contributed by atoms with Crippen molar-refractivity contribution >= 4 is 34.7 Å². The minimum absolute atomic E-state index is 0.0213. The number of aryl methyl sites for hydroxylation is 2. The molecule has 0 aliphatic heterocycles. The van der Waals surface area contributed by atoms with Crippen LogP contribution in [-0.2, 0) is 10.5 Å². The van der Waals surface area contributed by atoms with E-state index in [1.807, 2.05) is 63.2 Å². The Kier molecular flexibility index (Phi) is 6.75. The molecule has 3 rings (SSSR count). The number of thioether (sulfide) groups is 1. The van der Waals surface area contributed by atoms with Gasteiger partial charge in [-0.15, -0.1) is 23.1 Å². The number of anilines is 1. The Bertz CT molecular complexity index is 931. The fourth-order valence-corrected chi connectivity index (χ4v) is 4.47. The number of nitrogens with zero attached hydrogens (tertiary/aromatic N) is 1. The van der Waals surface area contributed by atoms with Gasteiger partial charge in [0.25, 0.3) is 0 Å². The summed E-state index contributed by atoms with van der Waals surface area (Å²) in [6.07, 6.45) is 0. The molecule has 4 nitrogen and oxygen atoms in total. The van der Waals surface area contributed by atoms with Crippen molar-refractivity contribution in [2.75, 3.05) is 12.4 Å². The molecular weight excluding hydrogens is 388 g/mol. The first-order chi connectivity index (χ1) is 13.5. The number of benzene rings is 2. The minimum Gasteiger partial charge on any atom is -0.497 e. The number of nitrogens with one attached hydrogen (secondary N) is 1. The molecule has 28 heavy (non-hydrogen) atoms. The summed E-state index contributed by atoms with van der Waals surface area (Å²) >= 11 is 3.21. The Morgan fingerprint density at radius 3 is 2.50 bits per heavy atom. The van der Waals surface area contributed by atoms with Crippen LogP contribution in [0, 0.1) is 13.8 Å². The lowest BCUT2D eigenvalue weighted by atomic mass is 10.1. The second-order valence-electron chi connectivity index (χ2n) is 6.58. The Morgan fingerprint density at radius 2 is 1.86 bits per heavy atom. The van der Waals surface area contributed by atoms with Gasteiger partial charge in [-0.25, -0.2) is 4.98 Å². The van der Waals surface area contributed by atoms with Gasteiger partial charge in [0.1, 0.15) is 10.8 Å². The summed E-state index contributed by atoms with van der Waals surface area (Å²) in [5, 5.41) is 5.94. The summed E-state index contributed by atoms with van der Waals surface area (Å²) in [6.45, 7) is 5.96. The quantitative estimate of drug-likeness (QED) is 0.541. The highest BCUT2D eigenvalue weighted by Crippen LogP contribution is 2.28. The van der Waals surface area contributed by atoms with Crippen molar-refractivity contribution in [2.24, 2.45) is 0 Å². The Morgan fingerprint density at radius 1 is 1.18 bits per heavy atom. The highest BCUT2D eigenvalue weighted by molar-refractivity contribution is 7.99. The van der Waals surface area contributed by atoms with Crippen LogP contribution in [0.1, 0.15) is 23.7 Å². The van der Waals surface area contributed by atoms with E-state index >= 15 is 0 Å². The lowest BCUT2D eigenvalue weighted by Crippen LogP contribution is -2.23. The maximum Gasteiger partial charge on any atom is 0.237 e. The average Bonchev–Trinajstić information content (AvgIpc) is 3.18. The maximum atomic E-state index is 12.6. The fourth-order valence-electron chi connectivity index (χ4n) is 2.76. The van der Waals surface area contributed by atoms with E-state index in [9.17, 15) is 4.79 Å². The third kappa shape index (κ3) is 4.94. The van der Waals surface area contributed by atoms with Gasteiger partial charge in [-0.3, -0.25) is 4.79 Å². The number of carbonyl (C=O) groups is 1. The predicted molar refractivity (Wildman–Crippen MR) is 119 cm³/mol. The van der Waals surface area contributed by atoms with Gasteiger partial charge in [-0.2, -0.15) is 0 Å². The zero-order chi connectivity index (χ0) is 20.1. The number of hydrogen-bond donors (Lipinski definition) is 1. The van der Waals surface area contributed by atoms with Gasteiger partial charge in [-0.1, -0.05) is 18.2 Å². The minimum atomic E-state index is -0.162. The van der Waals surface area contributed by atoms with Crippen molar-refractivity contribution < 1.29 is 9.53 Å². The smallest absolute Gasteiger partial charge is 0.237 e. The van der Waals surface area contributed by atoms with Crippen LogP contribution in [0.5, 0.6) is 5.75 Å². The van der Waals surface area contributed by atoms with Crippen molar-refractivity contribution in [2.45, 2.75) is 31.8 Å². The molecule has 1 atom stereocenters. The fraction of sp³-hybridized carbons (Fsp3) is 0.273. The lowest BCUT2D eigenvalue weighted by molar-refractivity contribution is -0.115. The van der Waals surface area contributed by atoms with Crippen LogP contribution < -0.4 is 10.1 Å². The van der Waals surface area contributed by atoms with Gasteiger partial charge in [0.15, 0.2) is 0 Å². The van der Waals surface area contributed by atoms with E-state index in [2.05, 4.69) is 10.7 Å². The van der Waals surface area contributed by atoms with Crippen LogP contribution in [0.2, 0.25) is 0 Å². The second-order valence-corrected chi connectivity index (χ2v) is 8.77. The van der Waals surface area contributed by atoms with Crippen molar-refractivity contribution in [3.05, 3.63) is 64.7 Å². The molecule has 0 unspecified atom stereocenters. The van der Waals surface area contributed by atoms with E-state index in [0.29, 0.717) is 5.75 Å². The highest BCUT2D eigenvalue weighted by Gasteiger charge is 2.16. The molecule has 2 aromatic carbocycles. The third-order valence-corrected chi connectivity index (χ3v) is 6.59. The van der Waals surface area contributed by atoms with Gasteiger partial charge in [0.2, 0.25) is 5.91 Å². The number of para-hydroxylation sites is 1. The molecule has 0 radical (unpaired) electrons. The molecule has 1 N–H and O–H groups in total. The standard InChI is InChI=1S/C22H24N2O2S2/c1-14-6-5-7-15(2)20(14)24-21(25)16(3)27-12-18-13-28-22(23-18)17-8-10-19(26-4)11-9-17/h5-11,13,16H,12H2,1-4H3,(H,24,25)/t16-/m0/s1. The topological polar surface area (TPSA) is 51.2 Å². The number of carbonyl (C=O) groups excluding carboxylic acids is 1. The summed E-state index contributed by atoms with van der Waals surface area (Å²) in [5.41, 5.74) is 5.13. The van der Waals surface area contributed by atoms with E-state index in [0.717, 1.165) is 38.8 Å². The first-order valence-electron chi connectivity index (χ1n) is 9.05. The van der Waals surface area contributed by atoms with E-state index in [1.54, 1.807) is 30.2 Å². The first-order valence-corrected chi connectivity index (χ1v) is 11.0. The van der Waals surface area contributed by atoms with Crippen molar-refractivity contribution in [3.63, 3.8) is 0 Å². The zero-order valence-corrected chi connectivity index (χ0v) is 18.1. The summed E-state index contributed by atoms with van der Waals surface area (Å²) < 4.78 is 5.20. The van der Waals surface area contributed by atoms with Gasteiger partial charge >= 0.3 is 0 Å². The normalized spacial score (nSPS) is 11.9. The van der Waals surface area contributed by atoms with E-state index in [1.165, 1.54) is 0 Å². The summed E-state index contributed by atoms with van der Waals surface area (Å²) in [7, 11) is 1.66. The molecule has 0 aliphatic rings. The van der Waals surface area contributed by atoms with Crippen molar-refractivity contribution in [1.82, 2.24) is 4.98 Å². The van der Waals surface area contributed by atoms with E-state index in [-0.39, 0.29) is 11.2 Å². The molecule has 0 saturated carbocycles. The number of hydrogen-bond acceptors (Lipinski definition) is 5. The number of amides is 1. The Balaban J connectivity index is 1.58. The molecule has 0 saturated heterocycles. The van der Waals surface area contributed by atoms with Crippen LogP contribution in [0.4, 0.5) is 5.69 Å². The van der Waals surface area contributed by atoms with Gasteiger partial charge < -0.3 is 10.1 Å². The number of rotatable bonds is 7. The molecule has 146 valence electrons. The van der Waals surface area contributed by atoms with E-state index < -0.39 is 0 Å². The number of thiazole rings is 1. The molecule has 1 aromatic heterocycles. The van der Waals surface area contributed by atoms with Crippen LogP contribution in [0.25, 0.3) is 10.6 Å². The molecule has 0 fully saturated rings. The maximum absolute atomic E-state index is 12.6. The predicted octanol–water partition coefficient (Wildman–Crippen LogP) is 5.70. The van der Waals surface area contributed by atoms with Gasteiger partial charge in [-0.05, 0) is 56.2 Å².